The van der Waals surface area contributed by atoms with E-state index in [1.165, 1.54) is 0 Å². The summed E-state index contributed by atoms with van der Waals surface area (Å²) in [6, 6.07) is -0.125. The Balaban J connectivity index is 2.10. The SMILES string of the molecule is O=NC1CC2C(CC(Cl)C2Cl)CC1Br. The molecule has 6 atom stereocenters. The molecule has 2 aliphatic rings. The molecule has 0 aromatic heterocycles. The second-order valence-electron chi connectivity index (χ2n) is 4.28. The molecule has 0 bridgehead atoms. The summed E-state index contributed by atoms with van der Waals surface area (Å²) in [5.41, 5.74) is 0. The van der Waals surface area contributed by atoms with Gasteiger partial charge in [-0.05, 0) is 31.1 Å². The standard InChI is InChI=1S/C9H12BrCl2NO/c10-6-1-4-2-7(11)9(12)5(4)3-8(6)13-14/h4-9H,1-3H2. The molecular formula is C9H12BrCl2NO. The number of nitrogens with zero attached hydrogens (tertiary/aromatic N) is 1. The van der Waals surface area contributed by atoms with E-state index in [2.05, 4.69) is 21.1 Å². The molecule has 2 rings (SSSR count). The summed E-state index contributed by atoms with van der Waals surface area (Å²) in [4.78, 5) is 10.8. The molecule has 0 aliphatic heterocycles. The Morgan fingerprint density at radius 2 is 1.93 bits per heavy atom. The zero-order chi connectivity index (χ0) is 10.3. The number of nitroso groups, excluding NO2 is 1. The highest BCUT2D eigenvalue weighted by Gasteiger charge is 2.47. The van der Waals surface area contributed by atoms with Crippen LogP contribution >= 0.6 is 39.1 Å². The average molecular weight is 301 g/mol. The maximum atomic E-state index is 10.6. The van der Waals surface area contributed by atoms with Crippen molar-refractivity contribution in [2.75, 3.05) is 0 Å². The molecule has 0 spiro atoms. The van der Waals surface area contributed by atoms with Crippen molar-refractivity contribution in [1.29, 1.82) is 0 Å². The summed E-state index contributed by atoms with van der Waals surface area (Å²) < 4.78 is 0. The van der Waals surface area contributed by atoms with Gasteiger partial charge < -0.3 is 0 Å². The minimum Gasteiger partial charge on any atom is -0.150 e. The molecular weight excluding hydrogens is 289 g/mol. The molecule has 2 saturated carbocycles. The Morgan fingerprint density at radius 1 is 1.21 bits per heavy atom. The Kier molecular flexibility index (Phi) is 3.40. The van der Waals surface area contributed by atoms with E-state index in [1.807, 2.05) is 0 Å². The zero-order valence-electron chi connectivity index (χ0n) is 7.57. The fourth-order valence-electron chi connectivity index (χ4n) is 2.70. The largest absolute Gasteiger partial charge is 0.150 e. The van der Waals surface area contributed by atoms with Crippen molar-refractivity contribution >= 4 is 39.1 Å². The fourth-order valence-corrected chi connectivity index (χ4v) is 4.32. The van der Waals surface area contributed by atoms with Crippen LogP contribution in [0.2, 0.25) is 0 Å². The number of fused-ring (bicyclic) bond motifs is 1. The minimum absolute atomic E-state index is 0.0194. The second-order valence-corrected chi connectivity index (χ2v) is 6.52. The number of alkyl halides is 3. The van der Waals surface area contributed by atoms with Gasteiger partial charge in [0, 0.05) is 4.83 Å². The lowest BCUT2D eigenvalue weighted by Crippen LogP contribution is -2.35. The van der Waals surface area contributed by atoms with E-state index >= 15 is 0 Å². The van der Waals surface area contributed by atoms with Gasteiger partial charge in [0.2, 0.25) is 0 Å². The quantitative estimate of drug-likeness (QED) is 0.538. The topological polar surface area (TPSA) is 29.4 Å². The van der Waals surface area contributed by atoms with E-state index in [9.17, 15) is 4.91 Å². The van der Waals surface area contributed by atoms with Crippen LogP contribution in [0.3, 0.4) is 0 Å². The highest BCUT2D eigenvalue weighted by atomic mass is 79.9. The third-order valence-electron chi connectivity index (χ3n) is 3.48. The van der Waals surface area contributed by atoms with Crippen molar-refractivity contribution in [3.63, 3.8) is 0 Å². The first-order valence-electron chi connectivity index (χ1n) is 4.88. The van der Waals surface area contributed by atoms with Crippen molar-refractivity contribution in [2.24, 2.45) is 17.0 Å². The van der Waals surface area contributed by atoms with E-state index in [0.29, 0.717) is 11.8 Å². The van der Waals surface area contributed by atoms with Crippen LogP contribution < -0.4 is 0 Å². The van der Waals surface area contributed by atoms with Crippen LogP contribution in [0.25, 0.3) is 0 Å². The third-order valence-corrected chi connectivity index (χ3v) is 5.67. The van der Waals surface area contributed by atoms with E-state index in [0.717, 1.165) is 19.3 Å². The van der Waals surface area contributed by atoms with Crippen LogP contribution in [0.1, 0.15) is 19.3 Å². The predicted molar refractivity (Wildman–Crippen MR) is 62.4 cm³/mol. The van der Waals surface area contributed by atoms with Crippen molar-refractivity contribution in [1.82, 2.24) is 0 Å². The zero-order valence-corrected chi connectivity index (χ0v) is 10.7. The van der Waals surface area contributed by atoms with Gasteiger partial charge in [-0.15, -0.1) is 23.2 Å². The molecule has 2 nitrogen and oxygen atoms in total. The van der Waals surface area contributed by atoms with Crippen LogP contribution in [0, 0.1) is 16.7 Å². The van der Waals surface area contributed by atoms with Crippen molar-refractivity contribution in [3.8, 4) is 0 Å². The van der Waals surface area contributed by atoms with Gasteiger partial charge in [-0.1, -0.05) is 21.1 Å². The van der Waals surface area contributed by atoms with Crippen LogP contribution in [0.15, 0.2) is 5.18 Å². The Labute approximate surface area is 102 Å². The molecule has 5 heteroatoms. The van der Waals surface area contributed by atoms with Gasteiger partial charge >= 0.3 is 0 Å². The molecule has 0 aromatic carbocycles. The lowest BCUT2D eigenvalue weighted by atomic mass is 9.79. The third kappa shape index (κ3) is 1.83. The van der Waals surface area contributed by atoms with Gasteiger partial charge in [0.05, 0.1) is 10.8 Å². The molecule has 0 N–H and O–H groups in total. The van der Waals surface area contributed by atoms with Crippen LogP contribution in [-0.4, -0.2) is 21.6 Å². The molecule has 80 valence electrons. The number of halogens is 3. The maximum absolute atomic E-state index is 10.6. The maximum Gasteiger partial charge on any atom is 0.105 e. The van der Waals surface area contributed by atoms with Crippen LogP contribution in [0.5, 0.6) is 0 Å². The minimum atomic E-state index is -0.125. The lowest BCUT2D eigenvalue weighted by molar-refractivity contribution is 0.263. The van der Waals surface area contributed by atoms with Gasteiger partial charge in [0.1, 0.15) is 6.04 Å². The molecule has 0 saturated heterocycles. The molecule has 6 unspecified atom stereocenters. The van der Waals surface area contributed by atoms with Gasteiger partial charge in [0.25, 0.3) is 0 Å². The Hall–Kier alpha value is 0.660. The summed E-state index contributed by atoms with van der Waals surface area (Å²) in [6.07, 6.45) is 2.75. The molecule has 0 radical (unpaired) electrons. The fraction of sp³-hybridized carbons (Fsp3) is 1.00. The molecule has 2 aliphatic carbocycles. The van der Waals surface area contributed by atoms with Gasteiger partial charge in [-0.25, -0.2) is 0 Å². The number of hydrogen-bond acceptors (Lipinski definition) is 2. The first-order valence-corrected chi connectivity index (χ1v) is 6.67. The van der Waals surface area contributed by atoms with Crippen molar-refractivity contribution in [3.05, 3.63) is 4.91 Å². The molecule has 14 heavy (non-hydrogen) atoms. The van der Waals surface area contributed by atoms with Crippen LogP contribution in [-0.2, 0) is 0 Å². The highest BCUT2D eigenvalue weighted by Crippen LogP contribution is 2.48. The van der Waals surface area contributed by atoms with E-state index in [-0.39, 0.29) is 21.6 Å². The van der Waals surface area contributed by atoms with Gasteiger partial charge in [-0.3, -0.25) is 0 Å². The molecule has 0 aromatic rings. The van der Waals surface area contributed by atoms with Crippen molar-refractivity contribution < 1.29 is 0 Å². The Morgan fingerprint density at radius 3 is 2.57 bits per heavy atom. The normalized spacial score (nSPS) is 52.8. The summed E-state index contributed by atoms with van der Waals surface area (Å²) >= 11 is 15.8. The molecule has 2 fully saturated rings. The predicted octanol–water partition coefficient (Wildman–Crippen LogP) is 3.53. The summed E-state index contributed by atoms with van der Waals surface area (Å²) in [6.45, 7) is 0. The summed E-state index contributed by atoms with van der Waals surface area (Å²) in [7, 11) is 0. The highest BCUT2D eigenvalue weighted by molar-refractivity contribution is 9.09. The first kappa shape index (κ1) is 11.2. The van der Waals surface area contributed by atoms with E-state index in [4.69, 9.17) is 23.2 Å². The second kappa shape index (κ2) is 4.26. The monoisotopic (exact) mass is 299 g/mol. The van der Waals surface area contributed by atoms with Gasteiger partial charge in [0.15, 0.2) is 0 Å². The summed E-state index contributed by atoms with van der Waals surface area (Å²) in [5, 5.41) is 3.24. The Bertz CT molecular complexity index is 241. The first-order chi connectivity index (χ1) is 6.63. The average Bonchev–Trinajstić information content (AvgIpc) is 2.41. The van der Waals surface area contributed by atoms with E-state index < -0.39 is 0 Å². The number of rotatable bonds is 1. The van der Waals surface area contributed by atoms with Crippen LogP contribution in [0.4, 0.5) is 0 Å². The molecule has 0 amide bonds. The smallest absolute Gasteiger partial charge is 0.105 e. The summed E-state index contributed by atoms with van der Waals surface area (Å²) in [5.74, 6) is 0.957. The lowest BCUT2D eigenvalue weighted by Gasteiger charge is -2.33. The molecule has 0 heterocycles. The van der Waals surface area contributed by atoms with Gasteiger partial charge in [-0.2, -0.15) is 4.91 Å². The van der Waals surface area contributed by atoms with E-state index in [1.54, 1.807) is 0 Å². The van der Waals surface area contributed by atoms with Crippen molar-refractivity contribution in [2.45, 2.75) is 40.9 Å². The number of hydrogen-bond donors (Lipinski definition) is 0.